The van der Waals surface area contributed by atoms with Crippen molar-refractivity contribution in [2.75, 3.05) is 0 Å². The lowest BCUT2D eigenvalue weighted by Crippen LogP contribution is -2.40. The van der Waals surface area contributed by atoms with E-state index in [0.717, 1.165) is 6.07 Å². The number of benzene rings is 1. The lowest BCUT2D eigenvalue weighted by molar-refractivity contribution is 0.373. The third-order valence-electron chi connectivity index (χ3n) is 3.36. The van der Waals surface area contributed by atoms with Gasteiger partial charge in [0.1, 0.15) is 16.5 Å². The van der Waals surface area contributed by atoms with Gasteiger partial charge in [0.2, 0.25) is 10.0 Å². The normalized spacial score (nSPS) is 23.8. The molecule has 0 aromatic heterocycles. The van der Waals surface area contributed by atoms with E-state index in [-0.39, 0.29) is 16.6 Å². The zero-order valence-electron chi connectivity index (χ0n) is 10.6. The second kappa shape index (κ2) is 6.05. The summed E-state index contributed by atoms with van der Waals surface area (Å²) in [6.45, 7) is 0. The Morgan fingerprint density at radius 2 is 1.75 bits per heavy atom. The fourth-order valence-corrected chi connectivity index (χ4v) is 3.92. The summed E-state index contributed by atoms with van der Waals surface area (Å²) in [6.07, 6.45) is 2.62. The molecule has 0 amide bonds. The van der Waals surface area contributed by atoms with Crippen LogP contribution in [0.4, 0.5) is 8.78 Å². The van der Waals surface area contributed by atoms with Crippen LogP contribution in [0.1, 0.15) is 25.7 Å². The van der Waals surface area contributed by atoms with Crippen LogP contribution in [0.5, 0.6) is 0 Å². The lowest BCUT2D eigenvalue weighted by Gasteiger charge is -2.26. The Hall–Kier alpha value is -0.570. The Balaban J connectivity index is 2.20. The topological polar surface area (TPSA) is 72.2 Å². The maximum Gasteiger partial charge on any atom is 0.243 e. The van der Waals surface area contributed by atoms with E-state index in [1.807, 2.05) is 0 Å². The fourth-order valence-electron chi connectivity index (χ4n) is 2.23. The minimum Gasteiger partial charge on any atom is -0.328 e. The summed E-state index contributed by atoms with van der Waals surface area (Å²) in [5.41, 5.74) is 5.74. The zero-order valence-corrected chi connectivity index (χ0v) is 13.0. The zero-order chi connectivity index (χ0) is 14.9. The van der Waals surface area contributed by atoms with Gasteiger partial charge in [0.05, 0.1) is 4.47 Å². The average Bonchev–Trinajstić information content (AvgIpc) is 2.36. The summed E-state index contributed by atoms with van der Waals surface area (Å²) >= 11 is 2.81. The third-order valence-corrected chi connectivity index (χ3v) is 5.50. The molecule has 0 unspecified atom stereocenters. The van der Waals surface area contributed by atoms with E-state index in [1.165, 1.54) is 0 Å². The van der Waals surface area contributed by atoms with Gasteiger partial charge in [-0.15, -0.1) is 0 Å². The van der Waals surface area contributed by atoms with Crippen LogP contribution in [0.25, 0.3) is 0 Å². The molecule has 4 nitrogen and oxygen atoms in total. The van der Waals surface area contributed by atoms with Crippen LogP contribution in [0.15, 0.2) is 21.5 Å². The van der Waals surface area contributed by atoms with Crippen LogP contribution in [-0.2, 0) is 10.0 Å². The van der Waals surface area contributed by atoms with E-state index in [4.69, 9.17) is 5.73 Å². The number of nitrogens with one attached hydrogen (secondary N) is 1. The smallest absolute Gasteiger partial charge is 0.243 e. The molecule has 2 rings (SSSR count). The molecule has 0 aliphatic heterocycles. The molecule has 20 heavy (non-hydrogen) atoms. The van der Waals surface area contributed by atoms with Gasteiger partial charge in [-0.05, 0) is 53.7 Å². The quantitative estimate of drug-likeness (QED) is 0.803. The standard InChI is InChI=1S/C12H15BrF2N2O2S/c13-9-5-11(15)12(6-10(9)14)20(18,19)17-8-3-1-7(16)2-4-8/h5-8,17H,1-4,16H2. The highest BCUT2D eigenvalue weighted by Crippen LogP contribution is 2.25. The molecule has 1 aliphatic rings. The Morgan fingerprint density at radius 1 is 1.15 bits per heavy atom. The van der Waals surface area contributed by atoms with Crippen molar-refractivity contribution in [1.29, 1.82) is 0 Å². The largest absolute Gasteiger partial charge is 0.328 e. The number of hydrogen-bond donors (Lipinski definition) is 2. The van der Waals surface area contributed by atoms with Gasteiger partial charge >= 0.3 is 0 Å². The Labute approximate surface area is 124 Å². The van der Waals surface area contributed by atoms with Gasteiger partial charge in [0, 0.05) is 12.1 Å². The molecular weight excluding hydrogens is 354 g/mol. The van der Waals surface area contributed by atoms with Crippen molar-refractivity contribution in [2.45, 2.75) is 42.7 Å². The van der Waals surface area contributed by atoms with Crippen LogP contribution in [0.2, 0.25) is 0 Å². The van der Waals surface area contributed by atoms with Gasteiger partial charge in [-0.3, -0.25) is 0 Å². The van der Waals surface area contributed by atoms with Crippen molar-refractivity contribution in [3.63, 3.8) is 0 Å². The van der Waals surface area contributed by atoms with Crippen LogP contribution >= 0.6 is 15.9 Å². The van der Waals surface area contributed by atoms with E-state index in [1.54, 1.807) is 0 Å². The van der Waals surface area contributed by atoms with Crippen LogP contribution in [0, 0.1) is 11.6 Å². The summed E-state index contributed by atoms with van der Waals surface area (Å²) in [5.74, 6) is -1.81. The molecule has 0 saturated heterocycles. The van der Waals surface area contributed by atoms with Crippen LogP contribution in [0.3, 0.4) is 0 Å². The maximum atomic E-state index is 13.7. The molecule has 0 bridgehead atoms. The molecule has 0 atom stereocenters. The van der Waals surface area contributed by atoms with E-state index in [2.05, 4.69) is 20.7 Å². The van der Waals surface area contributed by atoms with Crippen molar-refractivity contribution in [3.05, 3.63) is 28.2 Å². The molecule has 0 radical (unpaired) electrons. The molecule has 0 heterocycles. The Kier molecular flexibility index (Phi) is 4.78. The van der Waals surface area contributed by atoms with Crippen LogP contribution in [-0.4, -0.2) is 20.5 Å². The summed E-state index contributed by atoms with van der Waals surface area (Å²) in [7, 11) is -4.07. The Bertz CT molecular complexity index is 602. The van der Waals surface area contributed by atoms with Gasteiger partial charge < -0.3 is 5.73 Å². The molecule has 8 heteroatoms. The summed E-state index contributed by atoms with van der Waals surface area (Å²) in [5, 5.41) is 0. The van der Waals surface area contributed by atoms with Crippen molar-refractivity contribution in [3.8, 4) is 0 Å². The van der Waals surface area contributed by atoms with Crippen LogP contribution < -0.4 is 10.5 Å². The predicted molar refractivity (Wildman–Crippen MR) is 74.6 cm³/mol. The third kappa shape index (κ3) is 3.55. The van der Waals surface area contributed by atoms with Gasteiger partial charge in [-0.1, -0.05) is 0 Å². The predicted octanol–water partition coefficient (Wildman–Crippen LogP) is 2.28. The second-order valence-electron chi connectivity index (χ2n) is 4.93. The summed E-state index contributed by atoms with van der Waals surface area (Å²) in [4.78, 5) is -0.673. The number of nitrogens with two attached hydrogens (primary N) is 1. The molecule has 1 aromatic carbocycles. The molecular formula is C12H15BrF2N2O2S. The Morgan fingerprint density at radius 3 is 2.35 bits per heavy atom. The first kappa shape index (κ1) is 15.8. The molecule has 1 aliphatic carbocycles. The number of rotatable bonds is 3. The molecule has 112 valence electrons. The monoisotopic (exact) mass is 368 g/mol. The van der Waals surface area contributed by atoms with Gasteiger partial charge in [-0.25, -0.2) is 21.9 Å². The number of sulfonamides is 1. The van der Waals surface area contributed by atoms with E-state index in [0.29, 0.717) is 31.7 Å². The maximum absolute atomic E-state index is 13.7. The SMILES string of the molecule is NC1CCC(NS(=O)(=O)c2cc(F)c(Br)cc2F)CC1. The highest BCUT2D eigenvalue weighted by molar-refractivity contribution is 9.10. The average molecular weight is 369 g/mol. The van der Waals surface area contributed by atoms with Crippen molar-refractivity contribution < 1.29 is 17.2 Å². The molecule has 1 aromatic rings. The van der Waals surface area contributed by atoms with Gasteiger partial charge in [-0.2, -0.15) is 0 Å². The summed E-state index contributed by atoms with van der Waals surface area (Å²) in [6, 6.07) is 1.28. The van der Waals surface area contributed by atoms with Crippen molar-refractivity contribution >= 4 is 26.0 Å². The number of halogens is 3. The van der Waals surface area contributed by atoms with E-state index >= 15 is 0 Å². The molecule has 1 saturated carbocycles. The minimum atomic E-state index is -4.07. The minimum absolute atomic E-state index is 0.0811. The first-order chi connectivity index (χ1) is 9.29. The first-order valence-corrected chi connectivity index (χ1v) is 8.49. The molecule has 1 fully saturated rings. The highest BCUT2D eigenvalue weighted by atomic mass is 79.9. The second-order valence-corrected chi connectivity index (χ2v) is 7.47. The molecule has 0 spiro atoms. The highest BCUT2D eigenvalue weighted by Gasteiger charge is 2.27. The fraction of sp³-hybridized carbons (Fsp3) is 0.500. The number of hydrogen-bond acceptors (Lipinski definition) is 3. The van der Waals surface area contributed by atoms with Gasteiger partial charge in [0.15, 0.2) is 0 Å². The first-order valence-electron chi connectivity index (χ1n) is 6.22. The lowest BCUT2D eigenvalue weighted by atomic mass is 9.93. The van der Waals surface area contributed by atoms with E-state index < -0.39 is 26.6 Å². The summed E-state index contributed by atoms with van der Waals surface area (Å²) < 4.78 is 53.6. The van der Waals surface area contributed by atoms with Gasteiger partial charge in [0.25, 0.3) is 0 Å². The van der Waals surface area contributed by atoms with E-state index in [9.17, 15) is 17.2 Å². The van der Waals surface area contributed by atoms with Crippen molar-refractivity contribution in [1.82, 2.24) is 4.72 Å². The van der Waals surface area contributed by atoms with Crippen molar-refractivity contribution in [2.24, 2.45) is 5.73 Å². The molecule has 3 N–H and O–H groups in total.